The first kappa shape index (κ1) is 56.5. The Labute approximate surface area is 462 Å². The van der Waals surface area contributed by atoms with Gasteiger partial charge in [-0.25, -0.2) is 0 Å². The molecular formula is C61H63N4O11S3+. The first-order valence-corrected chi connectivity index (χ1v) is 30.7. The van der Waals surface area contributed by atoms with Gasteiger partial charge in [0.05, 0.1) is 33.2 Å². The van der Waals surface area contributed by atoms with Gasteiger partial charge in [0.2, 0.25) is 17.5 Å². The fourth-order valence-corrected chi connectivity index (χ4v) is 12.9. The lowest BCUT2D eigenvalue weighted by molar-refractivity contribution is -0.438. The number of carbonyl (C=O) groups is 2. The zero-order chi connectivity index (χ0) is 56.5. The van der Waals surface area contributed by atoms with E-state index in [1.54, 1.807) is 23.1 Å². The molecule has 0 aliphatic carbocycles. The van der Waals surface area contributed by atoms with Crippen molar-refractivity contribution in [2.24, 2.45) is 0 Å². The number of anilines is 2. The van der Waals surface area contributed by atoms with E-state index in [1.807, 2.05) is 91.0 Å². The van der Waals surface area contributed by atoms with Gasteiger partial charge < -0.3 is 15.1 Å². The SMILES string of the molecule is CC1(C)C(/C=C/C=C/C=C2/N(CCCCS(=O)(=O)O)c3ccc4cc(S(=O)(=O)O)ccc4c3C2(C)C)=[N+](CCCCCC(=O)NCCC(=O)N2Cc3ccccc3C#Cc3ccccc32)c2ccc3cc(S(=O)(=O)O)ccc3c21. The highest BCUT2D eigenvalue weighted by atomic mass is 32.2. The van der Waals surface area contributed by atoms with Gasteiger partial charge in [0, 0.05) is 78.0 Å². The van der Waals surface area contributed by atoms with Crippen LogP contribution in [0.25, 0.3) is 21.5 Å². The van der Waals surface area contributed by atoms with Crippen LogP contribution in [0.2, 0.25) is 0 Å². The smallest absolute Gasteiger partial charge is 0.294 e. The van der Waals surface area contributed by atoms with E-state index in [1.165, 1.54) is 24.3 Å². The molecule has 6 aromatic carbocycles. The molecule has 410 valence electrons. The van der Waals surface area contributed by atoms with Gasteiger partial charge in [-0.05, 0) is 133 Å². The molecule has 0 atom stereocenters. The lowest BCUT2D eigenvalue weighted by atomic mass is 9.79. The van der Waals surface area contributed by atoms with Gasteiger partial charge in [0.15, 0.2) is 5.71 Å². The summed E-state index contributed by atoms with van der Waals surface area (Å²) in [6.45, 7) is 9.97. The van der Waals surface area contributed by atoms with Crippen LogP contribution in [0.3, 0.4) is 0 Å². The number of benzene rings is 6. The first-order chi connectivity index (χ1) is 37.4. The molecule has 3 aliphatic heterocycles. The van der Waals surface area contributed by atoms with Crippen LogP contribution in [-0.4, -0.2) is 86.4 Å². The number of nitrogens with one attached hydrogen (secondary N) is 1. The van der Waals surface area contributed by atoms with E-state index in [-0.39, 0.29) is 46.7 Å². The molecule has 4 N–H and O–H groups in total. The van der Waals surface area contributed by atoms with Gasteiger partial charge in [0.1, 0.15) is 6.54 Å². The van der Waals surface area contributed by atoms with Crippen LogP contribution in [0.5, 0.6) is 0 Å². The standard InChI is InChI=1S/C61H62N4O11S3/c1-60(2)54(21-7-5-8-22-55-61(3,4)59-50-31-29-48(79(74,75)76)40-45(50)27-33-53(59)64(55)37-15-16-38-77(68,69)70)63(52-32-26-44-39-47(78(71,72)73)28-30-49(44)58(52)60)36-14-6-9-23-56(66)62-35-34-57(67)65-41-46-19-11-10-17-42(46)24-25-43-18-12-13-20-51(43)65/h5,7-8,10-13,17-22,26-33,39-40H,6,9,14-16,23,34-38,41H2,1-4H3,(H3-,62,66,68,69,70,71,72,73,74,75,76)/p+1. The van der Waals surface area contributed by atoms with E-state index in [4.69, 9.17) is 0 Å². The number of amides is 2. The van der Waals surface area contributed by atoms with Crippen molar-refractivity contribution >= 4 is 86.5 Å². The first-order valence-electron chi connectivity index (χ1n) is 26.2. The van der Waals surface area contributed by atoms with Crippen molar-refractivity contribution in [3.05, 3.63) is 173 Å². The lowest BCUT2D eigenvalue weighted by Crippen LogP contribution is -2.35. The average Bonchev–Trinajstić information content (AvgIpc) is 4.01. The molecule has 0 unspecified atom stereocenters. The molecule has 0 saturated carbocycles. The predicted octanol–water partition coefficient (Wildman–Crippen LogP) is 10.3. The number of fused-ring (bicyclic) bond motifs is 8. The summed E-state index contributed by atoms with van der Waals surface area (Å²) in [4.78, 5) is 30.3. The van der Waals surface area contributed by atoms with Crippen molar-refractivity contribution < 1.29 is 53.1 Å². The Morgan fingerprint density at radius 1 is 0.658 bits per heavy atom. The van der Waals surface area contributed by atoms with E-state index >= 15 is 0 Å². The van der Waals surface area contributed by atoms with E-state index in [9.17, 15) is 48.5 Å². The molecule has 79 heavy (non-hydrogen) atoms. The van der Waals surface area contributed by atoms with Crippen LogP contribution in [0.4, 0.5) is 17.1 Å². The maximum atomic E-state index is 13.7. The van der Waals surface area contributed by atoms with Crippen molar-refractivity contribution in [2.45, 2.75) is 99.8 Å². The molecule has 9 rings (SSSR count). The molecule has 0 spiro atoms. The molecule has 3 heterocycles. The highest BCUT2D eigenvalue weighted by molar-refractivity contribution is 7.86. The Bertz CT molecular complexity index is 4000. The normalized spacial score (nSPS) is 16.2. The third-order valence-electron chi connectivity index (χ3n) is 15.1. The van der Waals surface area contributed by atoms with Crippen LogP contribution in [0.15, 0.2) is 155 Å². The number of carbonyl (C=O) groups excluding carboxylic acids is 2. The van der Waals surface area contributed by atoms with Crippen molar-refractivity contribution in [1.82, 2.24) is 5.32 Å². The van der Waals surface area contributed by atoms with Crippen molar-refractivity contribution in [3.8, 4) is 11.8 Å². The predicted molar refractivity (Wildman–Crippen MR) is 309 cm³/mol. The summed E-state index contributed by atoms with van der Waals surface area (Å²) in [5, 5.41) is 5.88. The van der Waals surface area contributed by atoms with Crippen molar-refractivity contribution in [1.29, 1.82) is 0 Å². The molecule has 15 nitrogen and oxygen atoms in total. The fraction of sp³-hybridized carbons (Fsp3) is 0.295. The molecule has 18 heteroatoms. The third kappa shape index (κ3) is 12.2. The highest BCUT2D eigenvalue weighted by Gasteiger charge is 2.46. The monoisotopic (exact) mass is 1120 g/mol. The number of allylic oxidation sites excluding steroid dienone is 6. The number of nitrogens with zero attached hydrogens (tertiary/aromatic N) is 3. The third-order valence-corrected chi connectivity index (χ3v) is 17.6. The van der Waals surface area contributed by atoms with Gasteiger partial charge in [-0.3, -0.25) is 23.2 Å². The van der Waals surface area contributed by atoms with Gasteiger partial charge in [-0.1, -0.05) is 92.4 Å². The van der Waals surface area contributed by atoms with Crippen molar-refractivity contribution in [2.75, 3.05) is 35.2 Å². The zero-order valence-corrected chi connectivity index (χ0v) is 46.9. The van der Waals surface area contributed by atoms with E-state index in [2.05, 4.69) is 60.4 Å². The van der Waals surface area contributed by atoms with Gasteiger partial charge in [-0.15, -0.1) is 0 Å². The Morgan fingerprint density at radius 3 is 2.00 bits per heavy atom. The Morgan fingerprint density at radius 2 is 1.30 bits per heavy atom. The second-order valence-electron chi connectivity index (χ2n) is 21.2. The number of hydrogen-bond donors (Lipinski definition) is 4. The van der Waals surface area contributed by atoms with E-state index < -0.39 is 41.2 Å². The van der Waals surface area contributed by atoms with Crippen LogP contribution < -0.4 is 15.1 Å². The quantitative estimate of drug-likeness (QED) is 0.0196. The molecule has 0 fully saturated rings. The molecule has 0 saturated heterocycles. The molecule has 2 amide bonds. The maximum absolute atomic E-state index is 13.7. The topological polar surface area (TPSA) is 219 Å². The molecule has 0 radical (unpaired) electrons. The molecule has 3 aliphatic rings. The summed E-state index contributed by atoms with van der Waals surface area (Å²) in [7, 11) is -13.0. The maximum Gasteiger partial charge on any atom is 0.294 e. The second kappa shape index (κ2) is 22.5. The number of para-hydroxylation sites is 1. The summed E-state index contributed by atoms with van der Waals surface area (Å²) in [5.41, 5.74) is 7.77. The van der Waals surface area contributed by atoms with Crippen LogP contribution in [0.1, 0.15) is 100 Å². The molecule has 6 aromatic rings. The summed E-state index contributed by atoms with van der Waals surface area (Å²) >= 11 is 0. The van der Waals surface area contributed by atoms with Crippen LogP contribution in [0, 0.1) is 11.8 Å². The minimum Gasteiger partial charge on any atom is -0.356 e. The van der Waals surface area contributed by atoms with Crippen LogP contribution >= 0.6 is 0 Å². The number of rotatable bonds is 19. The van der Waals surface area contributed by atoms with E-state index in [0.717, 1.165) is 79.9 Å². The van der Waals surface area contributed by atoms with Gasteiger partial charge >= 0.3 is 0 Å². The summed E-state index contributed by atoms with van der Waals surface area (Å²) in [5.74, 6) is 5.83. The summed E-state index contributed by atoms with van der Waals surface area (Å²) < 4.78 is 103. The molecule has 0 aromatic heterocycles. The number of unbranched alkanes of at least 4 members (excludes halogenated alkanes) is 3. The lowest BCUT2D eigenvalue weighted by Gasteiger charge is -2.27. The molecule has 0 bridgehead atoms. The fourth-order valence-electron chi connectivity index (χ4n) is 11.3. The van der Waals surface area contributed by atoms with Gasteiger partial charge in [0.25, 0.3) is 30.4 Å². The van der Waals surface area contributed by atoms with Crippen LogP contribution in [-0.2, 0) is 57.3 Å². The number of hydrogen-bond acceptors (Lipinski definition) is 9. The Balaban J connectivity index is 0.916. The summed E-state index contributed by atoms with van der Waals surface area (Å²) in [6, 6.07) is 32.0. The minimum atomic E-state index is -4.45. The summed E-state index contributed by atoms with van der Waals surface area (Å²) in [6.07, 6.45) is 13.1. The average molecular weight is 1120 g/mol. The van der Waals surface area contributed by atoms with E-state index in [0.29, 0.717) is 49.7 Å². The zero-order valence-electron chi connectivity index (χ0n) is 44.4. The van der Waals surface area contributed by atoms with Crippen molar-refractivity contribution in [3.63, 3.8) is 0 Å². The Hall–Kier alpha value is -7.24. The Kier molecular flexibility index (Phi) is 16.1. The minimum absolute atomic E-state index is 0.114. The molecular weight excluding hydrogens is 1060 g/mol. The second-order valence-corrected chi connectivity index (χ2v) is 25.6. The largest absolute Gasteiger partial charge is 0.356 e. The highest BCUT2D eigenvalue weighted by Crippen LogP contribution is 2.51. The van der Waals surface area contributed by atoms with Gasteiger partial charge in [-0.2, -0.15) is 29.8 Å².